The molecule has 128 valence electrons. The summed E-state index contributed by atoms with van der Waals surface area (Å²) in [6, 6.07) is 4.19. The number of rotatable bonds is 4. The number of halogens is 3. The van der Waals surface area contributed by atoms with Gasteiger partial charge in [-0.05, 0) is 30.2 Å². The van der Waals surface area contributed by atoms with E-state index in [4.69, 9.17) is 4.74 Å². The predicted octanol–water partition coefficient (Wildman–Crippen LogP) is 2.73. The Bertz CT molecular complexity index is 782. The predicted molar refractivity (Wildman–Crippen MR) is 81.1 cm³/mol. The highest BCUT2D eigenvalue weighted by molar-refractivity contribution is 5.95. The molecule has 2 N–H and O–H groups in total. The van der Waals surface area contributed by atoms with Crippen LogP contribution in [0.5, 0.6) is 5.75 Å². The van der Waals surface area contributed by atoms with Crippen molar-refractivity contribution in [3.05, 3.63) is 63.6 Å². The van der Waals surface area contributed by atoms with Crippen LogP contribution in [0.1, 0.15) is 27.5 Å². The highest BCUT2D eigenvalue weighted by atomic mass is 19.4. The van der Waals surface area contributed by atoms with E-state index in [1.54, 1.807) is 0 Å². The summed E-state index contributed by atoms with van der Waals surface area (Å²) < 4.78 is 44.9. The second-order valence-corrected chi connectivity index (χ2v) is 5.12. The first kappa shape index (κ1) is 17.6. The smallest absolute Gasteiger partial charge is 0.412 e. The number of methoxy groups -OCH3 is 1. The summed E-state index contributed by atoms with van der Waals surface area (Å²) in [5.41, 5.74) is -0.311. The number of aryl methyl sites for hydroxylation is 1. The van der Waals surface area contributed by atoms with E-state index in [1.807, 2.05) is 5.32 Å². The number of H-pyrrole nitrogens is 1. The van der Waals surface area contributed by atoms with E-state index in [1.165, 1.54) is 38.3 Å². The molecule has 0 aliphatic carbocycles. The van der Waals surface area contributed by atoms with Crippen LogP contribution < -0.4 is 15.6 Å². The van der Waals surface area contributed by atoms with Gasteiger partial charge in [0, 0.05) is 12.3 Å². The third-order valence-corrected chi connectivity index (χ3v) is 3.43. The van der Waals surface area contributed by atoms with Gasteiger partial charge in [0.2, 0.25) is 5.56 Å². The lowest BCUT2D eigenvalue weighted by atomic mass is 10.0. The molecule has 0 saturated carbocycles. The molecule has 0 spiro atoms. The molecule has 1 aromatic carbocycles. The summed E-state index contributed by atoms with van der Waals surface area (Å²) in [6.45, 7) is 1.47. The van der Waals surface area contributed by atoms with Crippen LogP contribution in [0.2, 0.25) is 0 Å². The van der Waals surface area contributed by atoms with Gasteiger partial charge in [-0.25, -0.2) is 0 Å². The molecule has 1 amide bonds. The van der Waals surface area contributed by atoms with Crippen LogP contribution in [-0.4, -0.2) is 24.2 Å². The first-order valence-corrected chi connectivity index (χ1v) is 6.93. The summed E-state index contributed by atoms with van der Waals surface area (Å²) in [6.07, 6.45) is -3.59. The molecule has 1 aromatic heterocycles. The monoisotopic (exact) mass is 340 g/mol. The van der Waals surface area contributed by atoms with Crippen molar-refractivity contribution in [1.82, 2.24) is 10.3 Å². The Balaban J connectivity index is 2.32. The molecule has 5 nitrogen and oxygen atoms in total. The number of nitrogens with one attached hydrogen (secondary N) is 2. The minimum Gasteiger partial charge on any atom is -0.497 e. The van der Waals surface area contributed by atoms with Crippen LogP contribution >= 0.6 is 0 Å². The maximum absolute atomic E-state index is 13.3. The molecule has 0 aliphatic rings. The molecule has 0 radical (unpaired) electrons. The van der Waals surface area contributed by atoms with E-state index in [9.17, 15) is 22.8 Å². The van der Waals surface area contributed by atoms with Gasteiger partial charge >= 0.3 is 6.18 Å². The highest BCUT2D eigenvalue weighted by Gasteiger charge is 2.42. The number of hydrogen-bond acceptors (Lipinski definition) is 3. The fourth-order valence-corrected chi connectivity index (χ4v) is 2.18. The molecule has 1 heterocycles. The standard InChI is InChI=1S/C16H15F3N2O3/c1-9-7-13(22)20-8-12(9)15(23)21-14(16(17,18)19)10-3-5-11(24-2)6-4-10/h3-8,14H,1-2H3,(H,20,22)(H,21,23)/t14-/m1/s1. The van der Waals surface area contributed by atoms with E-state index in [-0.39, 0.29) is 16.7 Å². The molecule has 0 saturated heterocycles. The Kier molecular flexibility index (Phi) is 4.96. The van der Waals surface area contributed by atoms with Crippen LogP contribution in [0.3, 0.4) is 0 Å². The maximum Gasteiger partial charge on any atom is 0.412 e. The normalized spacial score (nSPS) is 12.5. The molecular formula is C16H15F3N2O3. The molecule has 24 heavy (non-hydrogen) atoms. The molecule has 0 unspecified atom stereocenters. The van der Waals surface area contributed by atoms with E-state index >= 15 is 0 Å². The van der Waals surface area contributed by atoms with Gasteiger partial charge in [-0.2, -0.15) is 13.2 Å². The summed E-state index contributed by atoms with van der Waals surface area (Å²) in [5, 5.41) is 1.96. The van der Waals surface area contributed by atoms with E-state index < -0.39 is 23.7 Å². The molecule has 0 fully saturated rings. The average molecular weight is 340 g/mol. The SMILES string of the molecule is COc1ccc([C@@H](NC(=O)c2c[nH]c(=O)cc2C)C(F)(F)F)cc1. The number of hydrogen-bond donors (Lipinski definition) is 2. The van der Waals surface area contributed by atoms with Crippen LogP contribution in [0, 0.1) is 6.92 Å². The van der Waals surface area contributed by atoms with Crippen LogP contribution in [-0.2, 0) is 0 Å². The number of ether oxygens (including phenoxy) is 1. The summed E-state index contributed by atoms with van der Waals surface area (Å²) >= 11 is 0. The highest BCUT2D eigenvalue weighted by Crippen LogP contribution is 2.33. The van der Waals surface area contributed by atoms with Gasteiger partial charge in [0.05, 0.1) is 12.7 Å². The summed E-state index contributed by atoms with van der Waals surface area (Å²) in [5.74, 6) is -0.524. The van der Waals surface area contributed by atoms with Gasteiger partial charge < -0.3 is 15.0 Å². The second-order valence-electron chi connectivity index (χ2n) is 5.12. The van der Waals surface area contributed by atoms with Gasteiger partial charge in [-0.3, -0.25) is 9.59 Å². The Morgan fingerprint density at radius 2 is 1.88 bits per heavy atom. The lowest BCUT2D eigenvalue weighted by Gasteiger charge is -2.22. The van der Waals surface area contributed by atoms with Crippen molar-refractivity contribution in [3.63, 3.8) is 0 Å². The van der Waals surface area contributed by atoms with E-state index in [0.717, 1.165) is 12.3 Å². The van der Waals surface area contributed by atoms with Crippen molar-refractivity contribution in [3.8, 4) is 5.75 Å². The zero-order valence-corrected chi connectivity index (χ0v) is 12.9. The average Bonchev–Trinajstić information content (AvgIpc) is 2.51. The number of pyridine rings is 1. The van der Waals surface area contributed by atoms with Crippen molar-refractivity contribution < 1.29 is 22.7 Å². The van der Waals surface area contributed by atoms with Gasteiger partial charge in [-0.15, -0.1) is 0 Å². The van der Waals surface area contributed by atoms with Crippen molar-refractivity contribution in [2.75, 3.05) is 7.11 Å². The minimum atomic E-state index is -4.68. The van der Waals surface area contributed by atoms with Crippen molar-refractivity contribution in [1.29, 1.82) is 0 Å². The summed E-state index contributed by atoms with van der Waals surface area (Å²) in [4.78, 5) is 25.6. The number of aromatic nitrogens is 1. The van der Waals surface area contributed by atoms with Crippen molar-refractivity contribution in [2.24, 2.45) is 0 Å². The van der Waals surface area contributed by atoms with Crippen LogP contribution in [0.25, 0.3) is 0 Å². The largest absolute Gasteiger partial charge is 0.497 e. The van der Waals surface area contributed by atoms with Gasteiger partial charge in [-0.1, -0.05) is 12.1 Å². The maximum atomic E-state index is 13.3. The fraction of sp³-hybridized carbons (Fsp3) is 0.250. The minimum absolute atomic E-state index is 0.0302. The van der Waals surface area contributed by atoms with Crippen LogP contribution in [0.15, 0.2) is 41.3 Å². The molecule has 0 aliphatic heterocycles. The number of carbonyl (C=O) groups excluding carboxylic acids is 1. The first-order valence-electron chi connectivity index (χ1n) is 6.93. The topological polar surface area (TPSA) is 71.2 Å². The number of alkyl halides is 3. The Morgan fingerprint density at radius 1 is 1.25 bits per heavy atom. The number of aromatic amines is 1. The van der Waals surface area contributed by atoms with Crippen LogP contribution in [0.4, 0.5) is 13.2 Å². The zero-order valence-electron chi connectivity index (χ0n) is 12.9. The number of amides is 1. The van der Waals surface area contributed by atoms with Crippen molar-refractivity contribution >= 4 is 5.91 Å². The van der Waals surface area contributed by atoms with E-state index in [0.29, 0.717) is 5.75 Å². The first-order chi connectivity index (χ1) is 11.2. The van der Waals surface area contributed by atoms with Crippen molar-refractivity contribution in [2.45, 2.75) is 19.1 Å². The van der Waals surface area contributed by atoms with E-state index in [2.05, 4.69) is 4.98 Å². The molecule has 2 rings (SSSR count). The number of carbonyl (C=O) groups is 1. The van der Waals surface area contributed by atoms with Gasteiger partial charge in [0.1, 0.15) is 5.75 Å². The molecule has 8 heteroatoms. The summed E-state index contributed by atoms with van der Waals surface area (Å²) in [7, 11) is 1.40. The van der Waals surface area contributed by atoms with Gasteiger partial charge in [0.25, 0.3) is 5.91 Å². The Morgan fingerprint density at radius 3 is 2.38 bits per heavy atom. The second kappa shape index (κ2) is 6.77. The number of benzene rings is 1. The fourth-order valence-electron chi connectivity index (χ4n) is 2.18. The molecular weight excluding hydrogens is 325 g/mol. The zero-order chi connectivity index (χ0) is 17.9. The quantitative estimate of drug-likeness (QED) is 0.899. The Labute approximate surface area is 135 Å². The lowest BCUT2D eigenvalue weighted by molar-refractivity contribution is -0.155. The third-order valence-electron chi connectivity index (χ3n) is 3.43. The Hall–Kier alpha value is -2.77. The molecule has 1 atom stereocenters. The third kappa shape index (κ3) is 3.95. The molecule has 0 bridgehead atoms. The lowest BCUT2D eigenvalue weighted by Crippen LogP contribution is -2.38. The van der Waals surface area contributed by atoms with Gasteiger partial charge in [0.15, 0.2) is 6.04 Å². The molecule has 2 aromatic rings.